The highest BCUT2D eigenvalue weighted by Gasteiger charge is 2.20. The Morgan fingerprint density at radius 2 is 1.97 bits per heavy atom. The van der Waals surface area contributed by atoms with Crippen LogP contribution >= 0.6 is 11.3 Å². The van der Waals surface area contributed by atoms with Crippen LogP contribution in [0.3, 0.4) is 0 Å². The van der Waals surface area contributed by atoms with Gasteiger partial charge >= 0.3 is 0 Å². The van der Waals surface area contributed by atoms with Gasteiger partial charge in [0.25, 0.3) is 0 Å². The van der Waals surface area contributed by atoms with Gasteiger partial charge in [-0.05, 0) is 49.1 Å². The van der Waals surface area contributed by atoms with Crippen LogP contribution in [0.2, 0.25) is 0 Å². The van der Waals surface area contributed by atoms with E-state index in [1.165, 1.54) is 10.3 Å². The van der Waals surface area contributed by atoms with Crippen molar-refractivity contribution < 1.29 is 9.47 Å². The summed E-state index contributed by atoms with van der Waals surface area (Å²) in [5.74, 6) is 1.65. The number of anilines is 1. The summed E-state index contributed by atoms with van der Waals surface area (Å²) in [7, 11) is 1.69. The molecule has 0 radical (unpaired) electrons. The van der Waals surface area contributed by atoms with E-state index in [1.807, 2.05) is 12.1 Å². The number of para-hydroxylation sites is 1. The van der Waals surface area contributed by atoms with Gasteiger partial charge in [0.1, 0.15) is 0 Å². The standard InChI is InChI=1S/C23H29N3O2S/c1-3-14-28-21-15-17(8-9-20(21)27-2)16-26-12-10-18(11-13-26)24-23-25-19-6-4-5-7-22(19)29-23/h4-9,15,18H,3,10-14,16H2,1-2H3,(H,24,25). The molecule has 1 saturated heterocycles. The number of rotatable bonds is 8. The van der Waals surface area contributed by atoms with Crippen molar-refractivity contribution in [2.75, 3.05) is 32.1 Å². The third-order valence-electron chi connectivity index (χ3n) is 5.30. The number of nitrogens with one attached hydrogen (secondary N) is 1. The minimum absolute atomic E-state index is 0.492. The second-order valence-corrected chi connectivity index (χ2v) is 8.55. The zero-order chi connectivity index (χ0) is 20.1. The molecule has 1 N–H and O–H groups in total. The van der Waals surface area contributed by atoms with Gasteiger partial charge in [0.05, 0.1) is 23.9 Å². The van der Waals surface area contributed by atoms with Gasteiger partial charge in [0.15, 0.2) is 16.6 Å². The van der Waals surface area contributed by atoms with E-state index in [1.54, 1.807) is 18.4 Å². The average Bonchev–Trinajstić information content (AvgIpc) is 3.16. The number of methoxy groups -OCH3 is 1. The minimum atomic E-state index is 0.492. The molecule has 0 saturated carbocycles. The van der Waals surface area contributed by atoms with Crippen molar-refractivity contribution in [3.05, 3.63) is 48.0 Å². The Bertz CT molecular complexity index is 902. The molecule has 154 valence electrons. The lowest BCUT2D eigenvalue weighted by molar-refractivity contribution is 0.210. The summed E-state index contributed by atoms with van der Waals surface area (Å²) in [5, 5.41) is 4.69. The summed E-state index contributed by atoms with van der Waals surface area (Å²) < 4.78 is 12.5. The van der Waals surface area contributed by atoms with Gasteiger partial charge in [0.2, 0.25) is 0 Å². The molecule has 0 amide bonds. The van der Waals surface area contributed by atoms with Gasteiger partial charge in [0, 0.05) is 25.7 Å². The van der Waals surface area contributed by atoms with Crippen LogP contribution in [0.25, 0.3) is 10.2 Å². The first-order valence-corrected chi connectivity index (χ1v) is 11.2. The highest BCUT2D eigenvalue weighted by Crippen LogP contribution is 2.30. The number of piperidine rings is 1. The Morgan fingerprint density at radius 3 is 2.72 bits per heavy atom. The third-order valence-corrected chi connectivity index (χ3v) is 6.27. The molecule has 2 heterocycles. The normalized spacial score (nSPS) is 15.5. The summed E-state index contributed by atoms with van der Waals surface area (Å²) in [6.07, 6.45) is 3.25. The molecule has 29 heavy (non-hydrogen) atoms. The Kier molecular flexibility index (Phi) is 6.52. The molecule has 0 atom stereocenters. The van der Waals surface area contributed by atoms with Crippen LogP contribution in [0, 0.1) is 0 Å². The highest BCUT2D eigenvalue weighted by molar-refractivity contribution is 7.22. The first-order valence-electron chi connectivity index (χ1n) is 10.4. The summed E-state index contributed by atoms with van der Waals surface area (Å²) in [6, 6.07) is 15.1. The fourth-order valence-corrected chi connectivity index (χ4v) is 4.69. The van der Waals surface area contributed by atoms with Gasteiger partial charge in [-0.2, -0.15) is 0 Å². The number of likely N-dealkylation sites (tertiary alicyclic amines) is 1. The average molecular weight is 412 g/mol. The van der Waals surface area contributed by atoms with Crippen molar-refractivity contribution in [2.24, 2.45) is 0 Å². The quantitative estimate of drug-likeness (QED) is 0.554. The SMILES string of the molecule is CCCOc1cc(CN2CCC(Nc3nc4ccccc4s3)CC2)ccc1OC. The van der Waals surface area contributed by atoms with E-state index < -0.39 is 0 Å². The Labute approximate surface area is 176 Å². The Morgan fingerprint density at radius 1 is 1.14 bits per heavy atom. The van der Waals surface area contributed by atoms with Crippen molar-refractivity contribution in [1.82, 2.24) is 9.88 Å². The summed E-state index contributed by atoms with van der Waals surface area (Å²) >= 11 is 1.74. The molecule has 0 spiro atoms. The van der Waals surface area contributed by atoms with Crippen molar-refractivity contribution in [1.29, 1.82) is 0 Å². The van der Waals surface area contributed by atoms with E-state index >= 15 is 0 Å². The lowest BCUT2D eigenvalue weighted by Crippen LogP contribution is -2.38. The summed E-state index contributed by atoms with van der Waals surface area (Å²) in [6.45, 7) is 5.94. The molecule has 0 aliphatic carbocycles. The van der Waals surface area contributed by atoms with Crippen LogP contribution in [0.15, 0.2) is 42.5 Å². The van der Waals surface area contributed by atoms with Gasteiger partial charge in [-0.25, -0.2) is 4.98 Å². The first kappa shape index (κ1) is 20.0. The van der Waals surface area contributed by atoms with Crippen molar-refractivity contribution in [2.45, 2.75) is 38.8 Å². The third kappa shape index (κ3) is 5.00. The lowest BCUT2D eigenvalue weighted by atomic mass is 10.0. The zero-order valence-electron chi connectivity index (χ0n) is 17.2. The largest absolute Gasteiger partial charge is 0.493 e. The number of thiazole rings is 1. The number of nitrogens with zero attached hydrogens (tertiary/aromatic N) is 2. The summed E-state index contributed by atoms with van der Waals surface area (Å²) in [5.41, 5.74) is 2.35. The first-order chi connectivity index (χ1) is 14.2. The van der Waals surface area contributed by atoms with Crippen molar-refractivity contribution >= 4 is 26.7 Å². The van der Waals surface area contributed by atoms with Crippen LogP contribution in [-0.2, 0) is 6.54 Å². The van der Waals surface area contributed by atoms with E-state index in [9.17, 15) is 0 Å². The van der Waals surface area contributed by atoms with Crippen LogP contribution < -0.4 is 14.8 Å². The van der Waals surface area contributed by atoms with Crippen LogP contribution in [0.4, 0.5) is 5.13 Å². The minimum Gasteiger partial charge on any atom is -0.493 e. The maximum Gasteiger partial charge on any atom is 0.184 e. The number of hydrogen-bond donors (Lipinski definition) is 1. The fraction of sp³-hybridized carbons (Fsp3) is 0.435. The molecule has 1 aliphatic rings. The van der Waals surface area contributed by atoms with Crippen LogP contribution in [0.1, 0.15) is 31.7 Å². The summed E-state index contributed by atoms with van der Waals surface area (Å²) in [4.78, 5) is 7.23. The van der Waals surface area contributed by atoms with E-state index in [4.69, 9.17) is 14.5 Å². The molecule has 6 heteroatoms. The predicted molar refractivity (Wildman–Crippen MR) is 120 cm³/mol. The maximum atomic E-state index is 5.86. The predicted octanol–water partition coefficient (Wildman–Crippen LogP) is 5.17. The van der Waals surface area contributed by atoms with E-state index in [-0.39, 0.29) is 0 Å². The number of hydrogen-bond acceptors (Lipinski definition) is 6. The van der Waals surface area contributed by atoms with Crippen molar-refractivity contribution in [3.8, 4) is 11.5 Å². The smallest absolute Gasteiger partial charge is 0.184 e. The van der Waals surface area contributed by atoms with Crippen LogP contribution in [-0.4, -0.2) is 42.7 Å². The molecule has 1 fully saturated rings. The molecular weight excluding hydrogens is 382 g/mol. The number of aromatic nitrogens is 1. The van der Waals surface area contributed by atoms with E-state index in [0.29, 0.717) is 12.6 Å². The van der Waals surface area contributed by atoms with Gasteiger partial charge in [-0.15, -0.1) is 0 Å². The molecule has 1 aromatic heterocycles. The Hall–Kier alpha value is -2.31. The molecule has 3 aromatic rings. The van der Waals surface area contributed by atoms with Gasteiger partial charge < -0.3 is 14.8 Å². The second kappa shape index (κ2) is 9.46. The maximum absolute atomic E-state index is 5.86. The van der Waals surface area contributed by atoms with Crippen molar-refractivity contribution in [3.63, 3.8) is 0 Å². The van der Waals surface area contributed by atoms with E-state index in [0.717, 1.165) is 61.0 Å². The van der Waals surface area contributed by atoms with E-state index in [2.05, 4.69) is 47.5 Å². The number of benzene rings is 2. The number of fused-ring (bicyclic) bond motifs is 1. The zero-order valence-corrected chi connectivity index (χ0v) is 18.0. The van der Waals surface area contributed by atoms with Crippen LogP contribution in [0.5, 0.6) is 11.5 Å². The fourth-order valence-electron chi connectivity index (χ4n) is 3.75. The molecule has 5 nitrogen and oxygen atoms in total. The van der Waals surface area contributed by atoms with Gasteiger partial charge in [-0.1, -0.05) is 36.5 Å². The topological polar surface area (TPSA) is 46.6 Å². The Balaban J connectivity index is 1.31. The second-order valence-electron chi connectivity index (χ2n) is 7.52. The monoisotopic (exact) mass is 411 g/mol. The lowest BCUT2D eigenvalue weighted by Gasteiger charge is -2.32. The molecular formula is C23H29N3O2S. The number of ether oxygens (including phenoxy) is 2. The highest BCUT2D eigenvalue weighted by atomic mass is 32.1. The molecule has 4 rings (SSSR count). The molecule has 0 bridgehead atoms. The molecule has 1 aliphatic heterocycles. The molecule has 2 aromatic carbocycles. The molecule has 0 unspecified atom stereocenters. The van der Waals surface area contributed by atoms with Gasteiger partial charge in [-0.3, -0.25) is 4.90 Å².